The van der Waals surface area contributed by atoms with Gasteiger partial charge in [-0.25, -0.2) is 0 Å². The number of rotatable bonds is 7. The molecule has 0 aliphatic carbocycles. The van der Waals surface area contributed by atoms with E-state index < -0.39 is 18.0 Å². The molecule has 0 aliphatic heterocycles. The lowest BCUT2D eigenvalue weighted by Crippen LogP contribution is -2.32. The average Bonchev–Trinajstić information content (AvgIpc) is 2.54. The number of carbonyl (C=O) groups is 1. The molecule has 23 heavy (non-hydrogen) atoms. The van der Waals surface area contributed by atoms with E-state index in [4.69, 9.17) is 23.2 Å². The van der Waals surface area contributed by atoms with Crippen LogP contribution >= 0.6 is 23.2 Å². The van der Waals surface area contributed by atoms with E-state index in [-0.39, 0.29) is 11.6 Å². The first kappa shape index (κ1) is 17.8. The predicted octanol–water partition coefficient (Wildman–Crippen LogP) is 3.52. The first-order chi connectivity index (χ1) is 11.0. The number of hydrogen-bond donors (Lipinski definition) is 3. The van der Waals surface area contributed by atoms with Crippen LogP contribution in [0.15, 0.2) is 48.5 Å². The molecule has 4 nitrogen and oxygen atoms in total. The van der Waals surface area contributed by atoms with Crippen LogP contribution < -0.4 is 5.32 Å². The minimum Gasteiger partial charge on any atom is -0.481 e. The highest BCUT2D eigenvalue weighted by Gasteiger charge is 2.27. The Morgan fingerprint density at radius 1 is 1.09 bits per heavy atom. The summed E-state index contributed by atoms with van der Waals surface area (Å²) >= 11 is 11.8. The number of carboxylic acids is 1. The topological polar surface area (TPSA) is 69.6 Å². The Bertz CT molecular complexity index is 664. The second-order valence-corrected chi connectivity index (χ2v) is 5.99. The van der Waals surface area contributed by atoms with Gasteiger partial charge in [0.05, 0.1) is 22.1 Å². The minimum atomic E-state index is -1.18. The molecule has 0 aromatic heterocycles. The number of aliphatic carboxylic acids is 1. The van der Waals surface area contributed by atoms with Crippen molar-refractivity contribution in [1.29, 1.82) is 0 Å². The Kier molecular flexibility index (Phi) is 6.42. The van der Waals surface area contributed by atoms with Crippen LogP contribution in [0.3, 0.4) is 0 Å². The highest BCUT2D eigenvalue weighted by molar-refractivity contribution is 6.42. The number of aliphatic hydroxyl groups excluding tert-OH is 1. The molecule has 0 bridgehead atoms. The molecule has 2 atom stereocenters. The Morgan fingerprint density at radius 3 is 2.39 bits per heavy atom. The fourth-order valence-corrected chi connectivity index (χ4v) is 2.54. The van der Waals surface area contributed by atoms with Gasteiger partial charge in [0.2, 0.25) is 0 Å². The third kappa shape index (κ3) is 4.94. The first-order valence-electron chi connectivity index (χ1n) is 7.09. The summed E-state index contributed by atoms with van der Waals surface area (Å²) in [6.45, 7) is 0.657. The highest BCUT2D eigenvalue weighted by atomic mass is 35.5. The largest absolute Gasteiger partial charge is 0.481 e. The van der Waals surface area contributed by atoms with Gasteiger partial charge in [0.1, 0.15) is 0 Å². The van der Waals surface area contributed by atoms with Crippen molar-refractivity contribution in [1.82, 2.24) is 5.32 Å². The summed E-state index contributed by atoms with van der Waals surface area (Å²) in [6, 6.07) is 14.2. The molecule has 0 fully saturated rings. The smallest absolute Gasteiger partial charge is 0.310 e. The van der Waals surface area contributed by atoms with Crippen LogP contribution in [-0.4, -0.2) is 22.7 Å². The molecular weight excluding hydrogens is 337 g/mol. The second-order valence-electron chi connectivity index (χ2n) is 5.18. The molecule has 3 N–H and O–H groups in total. The zero-order chi connectivity index (χ0) is 16.8. The molecule has 2 aromatic carbocycles. The summed E-state index contributed by atoms with van der Waals surface area (Å²) < 4.78 is 0. The number of hydrogen-bond acceptors (Lipinski definition) is 3. The molecule has 0 aliphatic rings. The Hall–Kier alpha value is -1.59. The van der Waals surface area contributed by atoms with Crippen LogP contribution in [0, 0.1) is 5.92 Å². The zero-order valence-corrected chi connectivity index (χ0v) is 13.8. The third-order valence-electron chi connectivity index (χ3n) is 3.52. The first-order valence-corrected chi connectivity index (χ1v) is 7.85. The van der Waals surface area contributed by atoms with Crippen molar-refractivity contribution in [2.45, 2.75) is 12.6 Å². The molecule has 2 aromatic rings. The van der Waals surface area contributed by atoms with E-state index in [2.05, 4.69) is 5.32 Å². The maximum Gasteiger partial charge on any atom is 0.310 e. The van der Waals surface area contributed by atoms with Crippen LogP contribution in [0.25, 0.3) is 0 Å². The van der Waals surface area contributed by atoms with E-state index in [0.717, 1.165) is 5.56 Å². The molecule has 0 heterocycles. The molecule has 6 heteroatoms. The van der Waals surface area contributed by atoms with Gasteiger partial charge in [-0.3, -0.25) is 4.79 Å². The molecule has 0 saturated heterocycles. The van der Waals surface area contributed by atoms with Gasteiger partial charge < -0.3 is 15.5 Å². The standard InChI is InChI=1S/C17H17Cl2NO3/c18-14-7-6-12(8-15(14)19)16(21)13(17(22)23)10-20-9-11-4-2-1-3-5-11/h1-8,13,16,20-21H,9-10H2,(H,22,23)/t13-,16-/m1/s1. The maximum atomic E-state index is 11.4. The number of aliphatic hydroxyl groups is 1. The van der Waals surface area contributed by atoms with Gasteiger partial charge in [-0.1, -0.05) is 59.6 Å². The van der Waals surface area contributed by atoms with E-state index >= 15 is 0 Å². The Balaban J connectivity index is 2.02. The normalized spacial score (nSPS) is 13.5. The summed E-state index contributed by atoms with van der Waals surface area (Å²) in [7, 11) is 0. The lowest BCUT2D eigenvalue weighted by Gasteiger charge is -2.20. The van der Waals surface area contributed by atoms with Gasteiger partial charge in [0.15, 0.2) is 0 Å². The van der Waals surface area contributed by atoms with Crippen LogP contribution in [0.2, 0.25) is 10.0 Å². The van der Waals surface area contributed by atoms with Gasteiger partial charge in [-0.15, -0.1) is 0 Å². The van der Waals surface area contributed by atoms with E-state index in [0.29, 0.717) is 17.1 Å². The van der Waals surface area contributed by atoms with Crippen molar-refractivity contribution in [2.24, 2.45) is 5.92 Å². The average molecular weight is 354 g/mol. The predicted molar refractivity (Wildman–Crippen MR) is 90.7 cm³/mol. The lowest BCUT2D eigenvalue weighted by molar-refractivity contribution is -0.145. The van der Waals surface area contributed by atoms with Crippen molar-refractivity contribution in [3.05, 3.63) is 69.7 Å². The number of carboxylic acid groups (broad SMARTS) is 1. The van der Waals surface area contributed by atoms with E-state index in [1.807, 2.05) is 30.3 Å². The minimum absolute atomic E-state index is 0.131. The lowest BCUT2D eigenvalue weighted by atomic mass is 9.95. The fourth-order valence-electron chi connectivity index (χ4n) is 2.23. The summed E-state index contributed by atoms with van der Waals surface area (Å²) in [5, 5.41) is 23.4. The summed E-state index contributed by atoms with van der Waals surface area (Å²) in [6.07, 6.45) is -1.18. The van der Waals surface area contributed by atoms with Gasteiger partial charge in [-0.05, 0) is 23.3 Å². The highest BCUT2D eigenvalue weighted by Crippen LogP contribution is 2.29. The van der Waals surface area contributed by atoms with Crippen molar-refractivity contribution in [3.63, 3.8) is 0 Å². The fraction of sp³-hybridized carbons (Fsp3) is 0.235. The maximum absolute atomic E-state index is 11.4. The van der Waals surface area contributed by atoms with Crippen LogP contribution in [0.5, 0.6) is 0 Å². The van der Waals surface area contributed by atoms with Crippen molar-refractivity contribution >= 4 is 29.2 Å². The molecule has 0 amide bonds. The zero-order valence-electron chi connectivity index (χ0n) is 12.2. The quantitative estimate of drug-likeness (QED) is 0.712. The summed E-state index contributed by atoms with van der Waals surface area (Å²) in [5.74, 6) is -2.07. The van der Waals surface area contributed by atoms with Crippen LogP contribution in [0.4, 0.5) is 0 Å². The molecule has 2 rings (SSSR count). The number of benzene rings is 2. The summed E-state index contributed by atoms with van der Waals surface area (Å²) in [5.41, 5.74) is 1.47. The van der Waals surface area contributed by atoms with E-state index in [1.54, 1.807) is 12.1 Å². The van der Waals surface area contributed by atoms with Crippen LogP contribution in [-0.2, 0) is 11.3 Å². The molecule has 0 radical (unpaired) electrons. The van der Waals surface area contributed by atoms with Crippen molar-refractivity contribution < 1.29 is 15.0 Å². The number of halogens is 2. The van der Waals surface area contributed by atoms with E-state index in [1.165, 1.54) is 6.07 Å². The van der Waals surface area contributed by atoms with Crippen molar-refractivity contribution in [3.8, 4) is 0 Å². The second kappa shape index (κ2) is 8.31. The SMILES string of the molecule is O=C(O)[C@H](CNCc1ccccc1)[C@H](O)c1ccc(Cl)c(Cl)c1. The summed E-state index contributed by atoms with van der Waals surface area (Å²) in [4.78, 5) is 11.4. The Morgan fingerprint density at radius 2 is 1.78 bits per heavy atom. The molecular formula is C17H17Cl2NO3. The third-order valence-corrected chi connectivity index (χ3v) is 4.26. The molecule has 0 spiro atoms. The molecule has 122 valence electrons. The van der Waals surface area contributed by atoms with Gasteiger partial charge in [0, 0.05) is 13.1 Å². The monoisotopic (exact) mass is 353 g/mol. The van der Waals surface area contributed by atoms with Gasteiger partial charge in [0.25, 0.3) is 0 Å². The van der Waals surface area contributed by atoms with Crippen LogP contribution in [0.1, 0.15) is 17.2 Å². The Labute approximate surface area is 144 Å². The van der Waals surface area contributed by atoms with Crippen molar-refractivity contribution in [2.75, 3.05) is 6.54 Å². The number of nitrogens with one attached hydrogen (secondary N) is 1. The molecule has 0 unspecified atom stereocenters. The van der Waals surface area contributed by atoms with Gasteiger partial charge in [-0.2, -0.15) is 0 Å². The van der Waals surface area contributed by atoms with E-state index in [9.17, 15) is 15.0 Å². The van der Waals surface area contributed by atoms with Gasteiger partial charge >= 0.3 is 5.97 Å². The molecule has 0 saturated carbocycles.